The molecule has 1 heterocycles. The number of hydrogen-bond donors (Lipinski definition) is 3. The van der Waals surface area contributed by atoms with Crippen molar-refractivity contribution in [3.63, 3.8) is 0 Å². The Kier molecular flexibility index (Phi) is 5.12. The van der Waals surface area contributed by atoms with E-state index in [0.29, 0.717) is 25.8 Å². The molecule has 1 aromatic carbocycles. The van der Waals surface area contributed by atoms with E-state index in [-0.39, 0.29) is 23.9 Å². The highest BCUT2D eigenvalue weighted by Gasteiger charge is 2.23. The Labute approximate surface area is 118 Å². The number of piperidine rings is 1. The Bertz CT molecular complexity index is 461. The maximum Gasteiger partial charge on any atom is 0.242 e. The molecule has 1 aromatic rings. The highest BCUT2D eigenvalue weighted by Crippen LogP contribution is 2.15. The highest BCUT2D eigenvalue weighted by atomic mass is 16.2. The molecule has 2 amide bonds. The fraction of sp³-hybridized carbons (Fsp3) is 0.467. The minimum absolute atomic E-state index is 0.0862. The van der Waals surface area contributed by atoms with Crippen LogP contribution in [0.15, 0.2) is 30.3 Å². The number of nitrogens with one attached hydrogen (secondary N) is 2. The van der Waals surface area contributed by atoms with Crippen LogP contribution in [0.4, 0.5) is 0 Å². The maximum absolute atomic E-state index is 11.8. The van der Waals surface area contributed by atoms with Crippen molar-refractivity contribution in [2.75, 3.05) is 6.54 Å². The summed E-state index contributed by atoms with van der Waals surface area (Å²) in [5.74, 6) is -0.199. The lowest BCUT2D eigenvalue weighted by Gasteiger charge is -2.23. The summed E-state index contributed by atoms with van der Waals surface area (Å²) >= 11 is 0. The van der Waals surface area contributed by atoms with Crippen LogP contribution in [0.25, 0.3) is 0 Å². The van der Waals surface area contributed by atoms with Gasteiger partial charge in [0.2, 0.25) is 11.8 Å². The molecular formula is C15H21N3O2. The van der Waals surface area contributed by atoms with E-state index in [0.717, 1.165) is 12.0 Å². The molecule has 5 heteroatoms. The smallest absolute Gasteiger partial charge is 0.242 e. The van der Waals surface area contributed by atoms with E-state index < -0.39 is 0 Å². The second-order valence-electron chi connectivity index (χ2n) is 5.11. The normalized spacial score (nSPS) is 20.1. The van der Waals surface area contributed by atoms with E-state index in [1.54, 1.807) is 0 Å². The van der Waals surface area contributed by atoms with E-state index >= 15 is 0 Å². The van der Waals surface area contributed by atoms with Gasteiger partial charge in [0.1, 0.15) is 6.04 Å². The number of carbonyl (C=O) groups excluding carboxylic acids is 2. The largest absolute Gasteiger partial charge is 0.354 e. The topological polar surface area (TPSA) is 84.2 Å². The van der Waals surface area contributed by atoms with Crippen molar-refractivity contribution in [1.29, 1.82) is 0 Å². The number of carbonyl (C=O) groups is 2. The fourth-order valence-corrected chi connectivity index (χ4v) is 2.33. The first kappa shape index (κ1) is 14.5. The Morgan fingerprint density at radius 2 is 2.15 bits per heavy atom. The van der Waals surface area contributed by atoms with E-state index in [4.69, 9.17) is 5.73 Å². The van der Waals surface area contributed by atoms with Gasteiger partial charge in [0.25, 0.3) is 0 Å². The van der Waals surface area contributed by atoms with Gasteiger partial charge < -0.3 is 16.4 Å². The minimum Gasteiger partial charge on any atom is -0.354 e. The number of rotatable bonds is 5. The first-order valence-electron chi connectivity index (χ1n) is 7.04. The van der Waals surface area contributed by atoms with E-state index in [1.165, 1.54) is 0 Å². The summed E-state index contributed by atoms with van der Waals surface area (Å²) in [6.45, 7) is 0.698. The van der Waals surface area contributed by atoms with Gasteiger partial charge in [-0.1, -0.05) is 30.3 Å². The summed E-state index contributed by atoms with van der Waals surface area (Å²) in [6, 6.07) is 9.17. The van der Waals surface area contributed by atoms with Gasteiger partial charge in [-0.2, -0.15) is 0 Å². The zero-order valence-electron chi connectivity index (χ0n) is 11.5. The van der Waals surface area contributed by atoms with Gasteiger partial charge in [-0.3, -0.25) is 9.59 Å². The summed E-state index contributed by atoms with van der Waals surface area (Å²) in [4.78, 5) is 23.4. The summed E-state index contributed by atoms with van der Waals surface area (Å²) in [7, 11) is 0. The summed E-state index contributed by atoms with van der Waals surface area (Å²) in [6.07, 6.45) is 2.52. The zero-order valence-corrected chi connectivity index (χ0v) is 11.5. The molecule has 0 aliphatic carbocycles. The van der Waals surface area contributed by atoms with Gasteiger partial charge in [-0.15, -0.1) is 0 Å². The van der Waals surface area contributed by atoms with Crippen molar-refractivity contribution >= 4 is 11.8 Å². The Balaban J connectivity index is 1.76. The Morgan fingerprint density at radius 3 is 2.85 bits per heavy atom. The SMILES string of the molecule is NC(CCC(=O)NC1CCCNC1=O)c1ccccc1. The minimum atomic E-state index is -0.385. The highest BCUT2D eigenvalue weighted by molar-refractivity contribution is 5.88. The average molecular weight is 275 g/mol. The molecular weight excluding hydrogens is 254 g/mol. The molecule has 0 radical (unpaired) electrons. The first-order chi connectivity index (χ1) is 9.66. The van der Waals surface area contributed by atoms with Crippen molar-refractivity contribution in [3.05, 3.63) is 35.9 Å². The monoisotopic (exact) mass is 275 g/mol. The van der Waals surface area contributed by atoms with Crippen molar-refractivity contribution in [2.24, 2.45) is 5.73 Å². The molecule has 0 bridgehead atoms. The van der Waals surface area contributed by atoms with Gasteiger partial charge in [0.05, 0.1) is 0 Å². The first-order valence-corrected chi connectivity index (χ1v) is 7.04. The fourth-order valence-electron chi connectivity index (χ4n) is 2.33. The van der Waals surface area contributed by atoms with Crippen LogP contribution in [-0.2, 0) is 9.59 Å². The third-order valence-corrected chi connectivity index (χ3v) is 3.53. The van der Waals surface area contributed by atoms with Crippen molar-refractivity contribution in [2.45, 2.75) is 37.8 Å². The van der Waals surface area contributed by atoms with Gasteiger partial charge >= 0.3 is 0 Å². The molecule has 5 nitrogen and oxygen atoms in total. The van der Waals surface area contributed by atoms with E-state index in [9.17, 15) is 9.59 Å². The van der Waals surface area contributed by atoms with Crippen LogP contribution in [0.3, 0.4) is 0 Å². The number of amides is 2. The third kappa shape index (κ3) is 4.06. The van der Waals surface area contributed by atoms with Crippen molar-refractivity contribution in [1.82, 2.24) is 10.6 Å². The average Bonchev–Trinajstić information content (AvgIpc) is 2.48. The van der Waals surface area contributed by atoms with Gasteiger partial charge in [-0.05, 0) is 24.8 Å². The number of nitrogens with two attached hydrogens (primary N) is 1. The molecule has 1 saturated heterocycles. The van der Waals surface area contributed by atoms with Crippen LogP contribution in [-0.4, -0.2) is 24.4 Å². The maximum atomic E-state index is 11.8. The summed E-state index contributed by atoms with van der Waals surface area (Å²) in [5, 5.41) is 5.52. The summed E-state index contributed by atoms with van der Waals surface area (Å²) in [5.41, 5.74) is 7.07. The molecule has 2 rings (SSSR count). The molecule has 0 spiro atoms. The lowest BCUT2D eigenvalue weighted by atomic mass is 10.0. The predicted molar refractivity (Wildman–Crippen MR) is 76.8 cm³/mol. The number of benzene rings is 1. The van der Waals surface area contributed by atoms with Crippen LogP contribution in [0.1, 0.15) is 37.3 Å². The third-order valence-electron chi connectivity index (χ3n) is 3.53. The molecule has 2 unspecified atom stereocenters. The molecule has 108 valence electrons. The van der Waals surface area contributed by atoms with Crippen LogP contribution >= 0.6 is 0 Å². The van der Waals surface area contributed by atoms with Crippen molar-refractivity contribution < 1.29 is 9.59 Å². The molecule has 0 saturated carbocycles. The lowest BCUT2D eigenvalue weighted by molar-refractivity contribution is -0.130. The molecule has 4 N–H and O–H groups in total. The van der Waals surface area contributed by atoms with Gasteiger partial charge in [0, 0.05) is 19.0 Å². The molecule has 20 heavy (non-hydrogen) atoms. The quantitative estimate of drug-likeness (QED) is 0.745. The van der Waals surface area contributed by atoms with Crippen LogP contribution < -0.4 is 16.4 Å². The second-order valence-corrected chi connectivity index (χ2v) is 5.11. The van der Waals surface area contributed by atoms with E-state index in [2.05, 4.69) is 10.6 Å². The molecule has 1 fully saturated rings. The molecule has 0 aromatic heterocycles. The van der Waals surface area contributed by atoms with Crippen LogP contribution in [0, 0.1) is 0 Å². The van der Waals surface area contributed by atoms with E-state index in [1.807, 2.05) is 30.3 Å². The van der Waals surface area contributed by atoms with Crippen LogP contribution in [0.5, 0.6) is 0 Å². The van der Waals surface area contributed by atoms with Crippen LogP contribution in [0.2, 0.25) is 0 Å². The number of hydrogen-bond acceptors (Lipinski definition) is 3. The Hall–Kier alpha value is -1.88. The molecule has 2 atom stereocenters. The Morgan fingerprint density at radius 1 is 1.40 bits per heavy atom. The summed E-state index contributed by atoms with van der Waals surface area (Å²) < 4.78 is 0. The zero-order chi connectivity index (χ0) is 14.4. The molecule has 1 aliphatic heterocycles. The molecule has 1 aliphatic rings. The predicted octanol–water partition coefficient (Wildman–Crippen LogP) is 0.861. The van der Waals surface area contributed by atoms with Gasteiger partial charge in [0.15, 0.2) is 0 Å². The lowest BCUT2D eigenvalue weighted by Crippen LogP contribution is -2.50. The second kappa shape index (κ2) is 7.05. The standard InChI is InChI=1S/C15H21N3O2/c16-12(11-5-2-1-3-6-11)8-9-14(19)18-13-7-4-10-17-15(13)20/h1-3,5-6,12-13H,4,7-10,16H2,(H,17,20)(H,18,19). The van der Waals surface area contributed by atoms with Crippen molar-refractivity contribution in [3.8, 4) is 0 Å². The van der Waals surface area contributed by atoms with Gasteiger partial charge in [-0.25, -0.2) is 0 Å².